The summed E-state index contributed by atoms with van der Waals surface area (Å²) in [5, 5.41) is 12.3. The standard InChI is InChI=1S/C30H40N4O3S/c1-3-4-5-6-7-8-12-15-28(36)34(22-20-24-13-10-9-11-14-24)23-21-27(35)31-30-33-32-29(38-30)25-16-18-26(37-2)19-17-25/h9-11,13-14,16-19H,3-8,12,15,20-23H2,1-2H3,(H,31,33,35). The third-order valence-electron chi connectivity index (χ3n) is 6.48. The lowest BCUT2D eigenvalue weighted by molar-refractivity contribution is -0.131. The molecule has 0 aliphatic rings. The minimum absolute atomic E-state index is 0.125. The molecule has 7 nitrogen and oxygen atoms in total. The number of unbranched alkanes of at least 4 members (excludes halogenated alkanes) is 6. The molecule has 1 N–H and O–H groups in total. The van der Waals surface area contributed by atoms with Gasteiger partial charge in [-0.1, -0.05) is 87.1 Å². The van der Waals surface area contributed by atoms with Crippen LogP contribution in [0.4, 0.5) is 5.13 Å². The monoisotopic (exact) mass is 536 g/mol. The molecular weight excluding hydrogens is 496 g/mol. The number of nitrogens with one attached hydrogen (secondary N) is 1. The van der Waals surface area contributed by atoms with Crippen molar-refractivity contribution in [3.05, 3.63) is 60.2 Å². The molecule has 0 aliphatic carbocycles. The Balaban J connectivity index is 1.49. The average Bonchev–Trinajstić information content (AvgIpc) is 3.41. The van der Waals surface area contributed by atoms with Crippen LogP contribution in [0.3, 0.4) is 0 Å². The number of hydrogen-bond acceptors (Lipinski definition) is 6. The average molecular weight is 537 g/mol. The number of ether oxygens (including phenoxy) is 1. The first-order valence-corrected chi connectivity index (χ1v) is 14.5. The number of benzene rings is 2. The fraction of sp³-hybridized carbons (Fsp3) is 0.467. The lowest BCUT2D eigenvalue weighted by Crippen LogP contribution is -2.35. The highest BCUT2D eigenvalue weighted by molar-refractivity contribution is 7.18. The van der Waals surface area contributed by atoms with Crippen LogP contribution in [0.15, 0.2) is 54.6 Å². The van der Waals surface area contributed by atoms with Crippen LogP contribution in [0, 0.1) is 0 Å². The normalized spacial score (nSPS) is 10.8. The van der Waals surface area contributed by atoms with E-state index in [-0.39, 0.29) is 18.2 Å². The fourth-order valence-corrected chi connectivity index (χ4v) is 4.97. The molecule has 8 heteroatoms. The first-order chi connectivity index (χ1) is 18.6. The van der Waals surface area contributed by atoms with Crippen LogP contribution in [-0.4, -0.2) is 47.1 Å². The van der Waals surface area contributed by atoms with E-state index in [0.29, 0.717) is 24.6 Å². The van der Waals surface area contributed by atoms with E-state index in [9.17, 15) is 9.59 Å². The molecule has 2 amide bonds. The summed E-state index contributed by atoms with van der Waals surface area (Å²) in [7, 11) is 1.62. The van der Waals surface area contributed by atoms with Gasteiger partial charge in [-0.05, 0) is 42.7 Å². The number of carbonyl (C=O) groups is 2. The molecule has 3 aromatic rings. The van der Waals surface area contributed by atoms with Gasteiger partial charge >= 0.3 is 0 Å². The molecule has 1 heterocycles. The zero-order chi connectivity index (χ0) is 27.0. The molecule has 1 aromatic heterocycles. The van der Waals surface area contributed by atoms with Crippen molar-refractivity contribution in [1.82, 2.24) is 15.1 Å². The van der Waals surface area contributed by atoms with Crippen molar-refractivity contribution in [2.24, 2.45) is 0 Å². The summed E-state index contributed by atoms with van der Waals surface area (Å²) < 4.78 is 5.20. The van der Waals surface area contributed by atoms with E-state index >= 15 is 0 Å². The molecule has 0 saturated carbocycles. The number of rotatable bonds is 17. The van der Waals surface area contributed by atoms with Crippen LogP contribution in [0.25, 0.3) is 10.6 Å². The minimum Gasteiger partial charge on any atom is -0.497 e. The first kappa shape index (κ1) is 29.3. The molecule has 38 heavy (non-hydrogen) atoms. The van der Waals surface area contributed by atoms with Gasteiger partial charge in [0.05, 0.1) is 7.11 Å². The minimum atomic E-state index is -0.170. The van der Waals surface area contributed by atoms with Crippen molar-refractivity contribution < 1.29 is 14.3 Å². The van der Waals surface area contributed by atoms with Crippen molar-refractivity contribution in [1.29, 1.82) is 0 Å². The van der Waals surface area contributed by atoms with Crippen molar-refractivity contribution in [2.75, 3.05) is 25.5 Å². The topological polar surface area (TPSA) is 84.4 Å². The third kappa shape index (κ3) is 10.2. The molecule has 3 rings (SSSR count). The summed E-state index contributed by atoms with van der Waals surface area (Å²) in [6, 6.07) is 17.7. The number of hydrogen-bond donors (Lipinski definition) is 1. The fourth-order valence-electron chi connectivity index (χ4n) is 4.20. The quantitative estimate of drug-likeness (QED) is 0.193. The molecular formula is C30H40N4O3S. The highest BCUT2D eigenvalue weighted by Crippen LogP contribution is 2.27. The van der Waals surface area contributed by atoms with E-state index < -0.39 is 0 Å². The number of amides is 2. The maximum Gasteiger partial charge on any atom is 0.227 e. The summed E-state index contributed by atoms with van der Waals surface area (Å²) in [5.41, 5.74) is 2.09. The van der Waals surface area contributed by atoms with Crippen molar-refractivity contribution >= 4 is 28.3 Å². The predicted octanol–water partition coefficient (Wildman–Crippen LogP) is 6.75. The number of methoxy groups -OCH3 is 1. The molecule has 0 spiro atoms. The Morgan fingerprint density at radius 3 is 2.29 bits per heavy atom. The molecule has 0 saturated heterocycles. The van der Waals surface area contributed by atoms with Crippen LogP contribution in [-0.2, 0) is 16.0 Å². The van der Waals surface area contributed by atoms with Crippen molar-refractivity contribution in [3.8, 4) is 16.3 Å². The van der Waals surface area contributed by atoms with Crippen LogP contribution in [0.2, 0.25) is 0 Å². The number of carbonyl (C=O) groups excluding carboxylic acids is 2. The molecule has 0 bridgehead atoms. The Morgan fingerprint density at radius 1 is 0.868 bits per heavy atom. The van der Waals surface area contributed by atoms with Gasteiger partial charge in [-0.15, -0.1) is 10.2 Å². The Labute approximate surface area is 230 Å². The van der Waals surface area contributed by atoms with Crippen LogP contribution in [0.5, 0.6) is 5.75 Å². The molecule has 0 atom stereocenters. The molecule has 0 unspecified atom stereocenters. The van der Waals surface area contributed by atoms with E-state index in [0.717, 1.165) is 35.6 Å². The van der Waals surface area contributed by atoms with Gasteiger partial charge in [-0.2, -0.15) is 0 Å². The Hall–Kier alpha value is -3.26. The largest absolute Gasteiger partial charge is 0.497 e. The van der Waals surface area contributed by atoms with Gasteiger partial charge in [0.1, 0.15) is 10.8 Å². The predicted molar refractivity (Wildman–Crippen MR) is 154 cm³/mol. The van der Waals surface area contributed by atoms with Gasteiger partial charge in [0.2, 0.25) is 16.9 Å². The van der Waals surface area contributed by atoms with Crippen molar-refractivity contribution in [3.63, 3.8) is 0 Å². The molecule has 2 aromatic carbocycles. The maximum atomic E-state index is 13.0. The second-order valence-corrected chi connectivity index (χ2v) is 10.4. The smallest absolute Gasteiger partial charge is 0.227 e. The van der Waals surface area contributed by atoms with Gasteiger partial charge in [0, 0.05) is 31.5 Å². The van der Waals surface area contributed by atoms with E-state index in [4.69, 9.17) is 4.74 Å². The Bertz CT molecular complexity index is 1100. The number of aromatic nitrogens is 2. The van der Waals surface area contributed by atoms with E-state index in [2.05, 4.69) is 34.6 Å². The van der Waals surface area contributed by atoms with E-state index in [1.165, 1.54) is 49.0 Å². The second kappa shape index (κ2) is 16.6. The van der Waals surface area contributed by atoms with Gasteiger partial charge in [-0.3, -0.25) is 9.59 Å². The lowest BCUT2D eigenvalue weighted by Gasteiger charge is -2.23. The zero-order valence-corrected chi connectivity index (χ0v) is 23.5. The van der Waals surface area contributed by atoms with E-state index in [1.807, 2.05) is 47.4 Å². The van der Waals surface area contributed by atoms with Gasteiger partial charge < -0.3 is 15.0 Å². The van der Waals surface area contributed by atoms with Gasteiger partial charge in [0.15, 0.2) is 0 Å². The summed E-state index contributed by atoms with van der Waals surface area (Å²) in [5.74, 6) is 0.723. The van der Waals surface area contributed by atoms with Gasteiger partial charge in [0.25, 0.3) is 0 Å². The molecule has 204 valence electrons. The summed E-state index contributed by atoms with van der Waals surface area (Å²) in [6.45, 7) is 3.21. The van der Waals surface area contributed by atoms with E-state index in [1.54, 1.807) is 7.11 Å². The summed E-state index contributed by atoms with van der Waals surface area (Å²) in [6.07, 6.45) is 9.73. The highest BCUT2D eigenvalue weighted by atomic mass is 32.1. The summed E-state index contributed by atoms with van der Waals surface area (Å²) >= 11 is 1.32. The second-order valence-electron chi connectivity index (χ2n) is 9.43. The molecule has 0 radical (unpaired) electrons. The van der Waals surface area contributed by atoms with Crippen molar-refractivity contribution in [2.45, 2.75) is 71.1 Å². The SMILES string of the molecule is CCCCCCCCCC(=O)N(CCC(=O)Nc1nnc(-c2ccc(OC)cc2)s1)CCc1ccccc1. The molecule has 0 fully saturated rings. The lowest BCUT2D eigenvalue weighted by atomic mass is 10.1. The number of anilines is 1. The number of nitrogens with zero attached hydrogens (tertiary/aromatic N) is 3. The van der Waals surface area contributed by atoms with Crippen LogP contribution >= 0.6 is 11.3 Å². The van der Waals surface area contributed by atoms with Crippen LogP contribution in [0.1, 0.15) is 70.3 Å². The third-order valence-corrected chi connectivity index (χ3v) is 7.36. The Kier molecular flexibility index (Phi) is 12.8. The summed E-state index contributed by atoms with van der Waals surface area (Å²) in [4.78, 5) is 27.6. The maximum absolute atomic E-state index is 13.0. The Morgan fingerprint density at radius 2 is 1.58 bits per heavy atom. The highest BCUT2D eigenvalue weighted by Gasteiger charge is 2.16. The zero-order valence-electron chi connectivity index (χ0n) is 22.7. The first-order valence-electron chi connectivity index (χ1n) is 13.7. The van der Waals surface area contributed by atoms with Gasteiger partial charge in [-0.25, -0.2) is 0 Å². The molecule has 0 aliphatic heterocycles. The van der Waals surface area contributed by atoms with Crippen LogP contribution < -0.4 is 10.1 Å².